The number of carbonyl (C=O) groups excluding carboxylic acids is 1. The number of rotatable bonds is 3. The number of urea groups is 1. The summed E-state index contributed by atoms with van der Waals surface area (Å²) in [5.41, 5.74) is -0.741. The van der Waals surface area contributed by atoms with Gasteiger partial charge in [0.25, 0.3) is 0 Å². The smallest absolute Gasteiger partial charge is 0.316 e. The highest BCUT2D eigenvalue weighted by atomic mass is 16.2. The lowest BCUT2D eigenvalue weighted by Gasteiger charge is -2.56. The molecule has 0 saturated heterocycles. The van der Waals surface area contributed by atoms with Crippen molar-refractivity contribution in [3.8, 4) is 6.07 Å². The Morgan fingerprint density at radius 2 is 1.75 bits per heavy atom. The summed E-state index contributed by atoms with van der Waals surface area (Å²) in [6.07, 6.45) is 8.15. The first-order chi connectivity index (χ1) is 9.46. The summed E-state index contributed by atoms with van der Waals surface area (Å²) in [6.45, 7) is 3.71. The van der Waals surface area contributed by atoms with E-state index >= 15 is 0 Å². The van der Waals surface area contributed by atoms with Crippen LogP contribution in [0.3, 0.4) is 0 Å². The molecule has 4 bridgehead atoms. The van der Waals surface area contributed by atoms with E-state index in [0.717, 1.165) is 37.0 Å². The van der Waals surface area contributed by atoms with E-state index in [1.165, 1.54) is 19.3 Å². The van der Waals surface area contributed by atoms with Crippen LogP contribution in [0.5, 0.6) is 0 Å². The third-order valence-corrected chi connectivity index (χ3v) is 5.76. The molecule has 110 valence electrons. The van der Waals surface area contributed by atoms with Gasteiger partial charge in [-0.3, -0.25) is 0 Å². The lowest BCUT2D eigenvalue weighted by atomic mass is 9.53. The molecule has 0 aromatic rings. The van der Waals surface area contributed by atoms with Gasteiger partial charge < -0.3 is 10.6 Å². The summed E-state index contributed by atoms with van der Waals surface area (Å²) in [7, 11) is 0. The topological polar surface area (TPSA) is 64.9 Å². The number of nitrogens with one attached hydrogen (secondary N) is 2. The largest absolute Gasteiger partial charge is 0.333 e. The summed E-state index contributed by atoms with van der Waals surface area (Å²) in [4.78, 5) is 12.3. The van der Waals surface area contributed by atoms with Gasteiger partial charge in [-0.15, -0.1) is 0 Å². The second kappa shape index (κ2) is 4.65. The van der Waals surface area contributed by atoms with Crippen molar-refractivity contribution in [3.63, 3.8) is 0 Å². The number of hydrogen-bond donors (Lipinski definition) is 2. The van der Waals surface area contributed by atoms with E-state index in [1.54, 1.807) is 6.92 Å². The highest BCUT2D eigenvalue weighted by molar-refractivity contribution is 5.76. The fraction of sp³-hybridized carbons (Fsp3) is 0.875. The maximum absolute atomic E-state index is 12.3. The van der Waals surface area contributed by atoms with Gasteiger partial charge in [0.15, 0.2) is 0 Å². The number of carbonyl (C=O) groups is 1. The van der Waals surface area contributed by atoms with Crippen LogP contribution in [-0.4, -0.2) is 17.1 Å². The third kappa shape index (κ3) is 2.39. The molecule has 1 unspecified atom stereocenters. The fourth-order valence-corrected chi connectivity index (χ4v) is 4.98. The zero-order chi connectivity index (χ0) is 14.4. The Kier molecular flexibility index (Phi) is 3.19. The van der Waals surface area contributed by atoms with Crippen molar-refractivity contribution in [2.75, 3.05) is 0 Å². The van der Waals surface area contributed by atoms with Crippen molar-refractivity contribution in [1.29, 1.82) is 5.26 Å². The Bertz CT molecular complexity index is 418. The zero-order valence-corrected chi connectivity index (χ0v) is 12.5. The molecule has 4 heteroatoms. The van der Waals surface area contributed by atoms with Crippen LogP contribution in [0.2, 0.25) is 0 Å². The van der Waals surface area contributed by atoms with Crippen LogP contribution in [0, 0.1) is 29.1 Å². The Balaban J connectivity index is 1.66. The molecule has 0 aliphatic heterocycles. The number of nitrogens with zero attached hydrogens (tertiary/aromatic N) is 1. The minimum Gasteiger partial charge on any atom is -0.333 e. The Morgan fingerprint density at radius 3 is 2.15 bits per heavy atom. The van der Waals surface area contributed by atoms with Crippen LogP contribution in [-0.2, 0) is 0 Å². The van der Waals surface area contributed by atoms with Crippen molar-refractivity contribution in [2.45, 2.75) is 69.9 Å². The lowest BCUT2D eigenvalue weighted by molar-refractivity contribution is -0.0137. The summed E-state index contributed by atoms with van der Waals surface area (Å²) in [6, 6.07) is 2.04. The van der Waals surface area contributed by atoms with Gasteiger partial charge in [-0.05, 0) is 69.6 Å². The standard InChI is InChI=1S/C16H25N3O/c1-3-15(2,10-17)18-14(20)19-16-7-11-4-12(8-16)6-13(5-11)9-16/h11-13H,3-9H2,1-2H3,(H2,18,19,20). The van der Waals surface area contributed by atoms with E-state index in [0.29, 0.717) is 6.42 Å². The molecule has 4 aliphatic rings. The SMILES string of the molecule is CCC(C)(C#N)NC(=O)NC12CC3CC(CC(C3)C1)C2. The molecule has 20 heavy (non-hydrogen) atoms. The maximum Gasteiger partial charge on any atom is 0.316 e. The van der Waals surface area contributed by atoms with Crippen LogP contribution in [0.25, 0.3) is 0 Å². The van der Waals surface area contributed by atoms with Gasteiger partial charge >= 0.3 is 6.03 Å². The maximum atomic E-state index is 12.3. The number of nitriles is 1. The van der Waals surface area contributed by atoms with Crippen molar-refractivity contribution in [1.82, 2.24) is 10.6 Å². The van der Waals surface area contributed by atoms with Crippen molar-refractivity contribution >= 4 is 6.03 Å². The van der Waals surface area contributed by atoms with Crippen LogP contribution < -0.4 is 10.6 Å². The van der Waals surface area contributed by atoms with Crippen LogP contribution in [0.15, 0.2) is 0 Å². The van der Waals surface area contributed by atoms with Crippen LogP contribution >= 0.6 is 0 Å². The lowest BCUT2D eigenvalue weighted by Crippen LogP contribution is -2.63. The van der Waals surface area contributed by atoms with E-state index in [4.69, 9.17) is 0 Å². The monoisotopic (exact) mass is 275 g/mol. The molecule has 0 aromatic heterocycles. The minimum atomic E-state index is -0.758. The van der Waals surface area contributed by atoms with Gasteiger partial charge in [0.2, 0.25) is 0 Å². The molecule has 0 radical (unpaired) electrons. The molecule has 4 nitrogen and oxygen atoms in total. The molecule has 4 aliphatic carbocycles. The van der Waals surface area contributed by atoms with Gasteiger partial charge in [-0.1, -0.05) is 6.92 Å². The van der Waals surface area contributed by atoms with Gasteiger partial charge in [0.05, 0.1) is 6.07 Å². The zero-order valence-electron chi connectivity index (χ0n) is 12.5. The first kappa shape index (κ1) is 13.7. The molecular formula is C16H25N3O. The Morgan fingerprint density at radius 1 is 1.25 bits per heavy atom. The summed E-state index contributed by atoms with van der Waals surface area (Å²) < 4.78 is 0. The predicted molar refractivity (Wildman–Crippen MR) is 76.9 cm³/mol. The van der Waals surface area contributed by atoms with Gasteiger partial charge in [0, 0.05) is 5.54 Å². The molecule has 2 N–H and O–H groups in total. The Labute approximate surface area is 121 Å². The quantitative estimate of drug-likeness (QED) is 0.831. The summed E-state index contributed by atoms with van der Waals surface area (Å²) in [5.74, 6) is 2.44. The Hall–Kier alpha value is -1.24. The fourth-order valence-electron chi connectivity index (χ4n) is 4.98. The average Bonchev–Trinajstić information content (AvgIpc) is 2.36. The normalized spacial score (nSPS) is 40.8. The van der Waals surface area contributed by atoms with Gasteiger partial charge in [0.1, 0.15) is 5.54 Å². The molecule has 4 fully saturated rings. The second-order valence-electron chi connectivity index (χ2n) is 7.57. The van der Waals surface area contributed by atoms with E-state index in [9.17, 15) is 10.1 Å². The molecule has 4 saturated carbocycles. The molecule has 0 aromatic carbocycles. The van der Waals surface area contributed by atoms with E-state index < -0.39 is 5.54 Å². The highest BCUT2D eigenvalue weighted by Crippen LogP contribution is 2.55. The summed E-state index contributed by atoms with van der Waals surface area (Å²) in [5, 5.41) is 15.3. The average molecular weight is 275 g/mol. The molecule has 1 atom stereocenters. The third-order valence-electron chi connectivity index (χ3n) is 5.76. The van der Waals surface area contributed by atoms with Crippen LogP contribution in [0.1, 0.15) is 58.8 Å². The molecule has 2 amide bonds. The van der Waals surface area contributed by atoms with Crippen LogP contribution in [0.4, 0.5) is 4.79 Å². The van der Waals surface area contributed by atoms with Crippen molar-refractivity contribution in [2.24, 2.45) is 17.8 Å². The van der Waals surface area contributed by atoms with Gasteiger partial charge in [-0.25, -0.2) is 4.79 Å². The summed E-state index contributed by atoms with van der Waals surface area (Å²) >= 11 is 0. The molecule has 0 spiro atoms. The molecule has 0 heterocycles. The van der Waals surface area contributed by atoms with E-state index in [1.807, 2.05) is 6.92 Å². The molecule has 4 rings (SSSR count). The second-order valence-corrected chi connectivity index (χ2v) is 7.57. The van der Waals surface area contributed by atoms with Crippen molar-refractivity contribution < 1.29 is 4.79 Å². The number of hydrogen-bond acceptors (Lipinski definition) is 2. The number of amides is 2. The molecular weight excluding hydrogens is 250 g/mol. The van der Waals surface area contributed by atoms with Crippen molar-refractivity contribution in [3.05, 3.63) is 0 Å². The van der Waals surface area contributed by atoms with E-state index in [-0.39, 0.29) is 11.6 Å². The van der Waals surface area contributed by atoms with E-state index in [2.05, 4.69) is 16.7 Å². The highest BCUT2D eigenvalue weighted by Gasteiger charge is 2.51. The first-order valence-electron chi connectivity index (χ1n) is 7.97. The predicted octanol–water partition coefficient (Wildman–Crippen LogP) is 2.95. The van der Waals surface area contributed by atoms with Gasteiger partial charge in [-0.2, -0.15) is 5.26 Å². The minimum absolute atomic E-state index is 0.0168. The first-order valence-corrected chi connectivity index (χ1v) is 7.97.